The van der Waals surface area contributed by atoms with Crippen molar-refractivity contribution < 1.29 is 57.5 Å². The van der Waals surface area contributed by atoms with Crippen LogP contribution in [0.3, 0.4) is 0 Å². The van der Waals surface area contributed by atoms with Gasteiger partial charge in [0, 0.05) is 38.8 Å². The summed E-state index contributed by atoms with van der Waals surface area (Å²) in [6.07, 6.45) is -2.01. The maximum atomic E-state index is 13.6. The van der Waals surface area contributed by atoms with Crippen LogP contribution in [0, 0.1) is 0 Å². The molecule has 0 saturated heterocycles. The summed E-state index contributed by atoms with van der Waals surface area (Å²) in [6.45, 7) is 5.39. The van der Waals surface area contributed by atoms with Crippen LogP contribution in [0.1, 0.15) is 80.3 Å². The molecule has 0 fully saturated rings. The molecule has 2 unspecified atom stereocenters. The predicted molar refractivity (Wildman–Crippen MR) is 167 cm³/mol. The van der Waals surface area contributed by atoms with Crippen molar-refractivity contribution in [3.05, 3.63) is 130 Å². The van der Waals surface area contributed by atoms with Crippen molar-refractivity contribution in [2.45, 2.75) is 40.3 Å². The Morgan fingerprint density at radius 2 is 0.729 bits per heavy atom. The highest BCUT2D eigenvalue weighted by atomic mass is 17.2. The zero-order valence-corrected chi connectivity index (χ0v) is 26.3. The third-order valence-electron chi connectivity index (χ3n) is 6.49. The van der Waals surface area contributed by atoms with E-state index in [1.54, 1.807) is 24.3 Å². The minimum atomic E-state index is -1.17. The lowest BCUT2D eigenvalue weighted by Crippen LogP contribution is -2.21. The molecule has 246 valence electrons. The van der Waals surface area contributed by atoms with E-state index in [-0.39, 0.29) is 44.9 Å². The highest BCUT2D eigenvalue weighted by molar-refractivity contribution is 6.17. The van der Waals surface area contributed by atoms with Gasteiger partial charge >= 0.3 is 23.9 Å². The lowest BCUT2D eigenvalue weighted by Gasteiger charge is -2.17. The van der Waals surface area contributed by atoms with Gasteiger partial charge in [0.05, 0.1) is 22.3 Å². The Balaban J connectivity index is 1.52. The smallest absolute Gasteiger partial charge is 0.387 e. The molecular formula is C36H30O12. The molecule has 0 saturated carbocycles. The third kappa shape index (κ3) is 8.69. The van der Waals surface area contributed by atoms with E-state index in [0.717, 1.165) is 0 Å². The zero-order chi connectivity index (χ0) is 34.8. The first-order valence-corrected chi connectivity index (χ1v) is 14.5. The molecule has 0 heterocycles. The zero-order valence-electron chi connectivity index (χ0n) is 26.3. The molecule has 12 nitrogen and oxygen atoms in total. The summed E-state index contributed by atoms with van der Waals surface area (Å²) in [6, 6.07) is 23.7. The molecular weight excluding hydrogens is 624 g/mol. The number of para-hydroxylation sites is 2. The molecule has 4 aromatic carbocycles. The van der Waals surface area contributed by atoms with Crippen molar-refractivity contribution in [1.29, 1.82) is 0 Å². The molecule has 0 amide bonds. The maximum absolute atomic E-state index is 13.6. The summed E-state index contributed by atoms with van der Waals surface area (Å²) in [5.74, 6) is -4.54. The molecule has 0 aromatic heterocycles. The average molecular weight is 655 g/mol. The summed E-state index contributed by atoms with van der Waals surface area (Å²) in [5.41, 5.74) is -0.513. The van der Waals surface area contributed by atoms with E-state index >= 15 is 0 Å². The summed E-state index contributed by atoms with van der Waals surface area (Å²) in [4.78, 5) is 85.7. The summed E-state index contributed by atoms with van der Waals surface area (Å²) < 4.78 is 21.2. The average Bonchev–Trinajstić information content (AvgIpc) is 3.06. The van der Waals surface area contributed by atoms with Crippen LogP contribution < -0.4 is 9.47 Å². The molecule has 0 aliphatic carbocycles. The minimum Gasteiger partial charge on any atom is -0.454 e. The Bertz CT molecular complexity index is 1730. The van der Waals surface area contributed by atoms with Crippen LogP contribution in [0.4, 0.5) is 0 Å². The lowest BCUT2D eigenvalue weighted by molar-refractivity contribution is -0.187. The summed E-state index contributed by atoms with van der Waals surface area (Å²) in [5, 5.41) is 0. The van der Waals surface area contributed by atoms with E-state index in [9.17, 15) is 28.8 Å². The fourth-order valence-corrected chi connectivity index (χ4v) is 4.56. The first-order valence-electron chi connectivity index (χ1n) is 14.5. The Morgan fingerprint density at radius 3 is 1.06 bits per heavy atom. The van der Waals surface area contributed by atoms with E-state index in [1.807, 2.05) is 0 Å². The third-order valence-corrected chi connectivity index (χ3v) is 6.49. The highest BCUT2D eigenvalue weighted by Gasteiger charge is 2.27. The van der Waals surface area contributed by atoms with Gasteiger partial charge < -0.3 is 18.9 Å². The molecule has 0 aliphatic rings. The van der Waals surface area contributed by atoms with Crippen LogP contribution in [-0.2, 0) is 28.8 Å². The molecule has 0 aliphatic heterocycles. The van der Waals surface area contributed by atoms with Gasteiger partial charge in [0.2, 0.25) is 12.6 Å². The number of ketones is 2. The normalized spacial score (nSPS) is 11.7. The molecule has 4 aromatic rings. The topological polar surface area (TPSA) is 158 Å². The van der Waals surface area contributed by atoms with Crippen LogP contribution in [-0.4, -0.2) is 48.0 Å². The van der Waals surface area contributed by atoms with Gasteiger partial charge in [-0.25, -0.2) is 19.4 Å². The van der Waals surface area contributed by atoms with E-state index in [0.29, 0.717) is 0 Å². The van der Waals surface area contributed by atoms with Crippen molar-refractivity contribution in [3.63, 3.8) is 0 Å². The molecule has 2 atom stereocenters. The van der Waals surface area contributed by atoms with Gasteiger partial charge in [0.25, 0.3) is 0 Å². The van der Waals surface area contributed by atoms with Gasteiger partial charge in [-0.15, -0.1) is 0 Å². The number of carbonyl (C=O) groups excluding carboxylic acids is 6. The Labute approximate surface area is 275 Å². The number of hydrogen-bond donors (Lipinski definition) is 0. The maximum Gasteiger partial charge on any atom is 0.387 e. The highest BCUT2D eigenvalue weighted by Crippen LogP contribution is 2.27. The monoisotopic (exact) mass is 654 g/mol. The van der Waals surface area contributed by atoms with Gasteiger partial charge in [-0.2, -0.15) is 0 Å². The largest absolute Gasteiger partial charge is 0.454 e. The molecule has 48 heavy (non-hydrogen) atoms. The predicted octanol–water partition coefficient (Wildman–Crippen LogP) is 5.65. The molecule has 4 rings (SSSR count). The fourth-order valence-electron chi connectivity index (χ4n) is 4.56. The van der Waals surface area contributed by atoms with Gasteiger partial charge in [-0.3, -0.25) is 19.2 Å². The van der Waals surface area contributed by atoms with Gasteiger partial charge in [0.1, 0.15) is 11.5 Å². The quantitative estimate of drug-likeness (QED) is 0.0608. The number of benzene rings is 4. The Hall–Kier alpha value is -6.30. The number of ether oxygens (including phenoxy) is 4. The molecule has 12 heteroatoms. The SMILES string of the molecule is CC(=O)OC(C)Oc1ccccc1C(=O)c1ccccc1C(=O)OOC(=O)c1ccccc1C(=O)c1ccccc1OC(C)OC(C)=O. The lowest BCUT2D eigenvalue weighted by atomic mass is 9.97. The Kier molecular flexibility index (Phi) is 11.4. The summed E-state index contributed by atoms with van der Waals surface area (Å²) >= 11 is 0. The number of hydrogen-bond acceptors (Lipinski definition) is 12. The van der Waals surface area contributed by atoms with Crippen LogP contribution in [0.25, 0.3) is 0 Å². The van der Waals surface area contributed by atoms with Crippen molar-refractivity contribution >= 4 is 35.4 Å². The van der Waals surface area contributed by atoms with Crippen LogP contribution in [0.5, 0.6) is 11.5 Å². The van der Waals surface area contributed by atoms with E-state index < -0.39 is 48.0 Å². The molecule has 0 radical (unpaired) electrons. The fraction of sp³-hybridized carbons (Fsp3) is 0.167. The second-order valence-corrected chi connectivity index (χ2v) is 10.1. The van der Waals surface area contributed by atoms with E-state index in [1.165, 1.54) is 100 Å². The van der Waals surface area contributed by atoms with Gasteiger partial charge in [-0.05, 0) is 36.4 Å². The van der Waals surface area contributed by atoms with Crippen LogP contribution in [0.15, 0.2) is 97.1 Å². The minimum absolute atomic E-state index is 0.0627. The van der Waals surface area contributed by atoms with Gasteiger partial charge in [0.15, 0.2) is 11.6 Å². The second kappa shape index (κ2) is 15.8. The first kappa shape index (κ1) is 34.6. The first-order chi connectivity index (χ1) is 23.0. The van der Waals surface area contributed by atoms with Crippen molar-refractivity contribution in [3.8, 4) is 11.5 Å². The van der Waals surface area contributed by atoms with Gasteiger partial charge in [-0.1, -0.05) is 60.7 Å². The second-order valence-electron chi connectivity index (χ2n) is 10.1. The van der Waals surface area contributed by atoms with Crippen molar-refractivity contribution in [2.24, 2.45) is 0 Å². The van der Waals surface area contributed by atoms with Crippen LogP contribution in [0.2, 0.25) is 0 Å². The standard InChI is InChI=1S/C36H30O12/c1-21(37)43-23(3)45-31-19-11-9-17-29(31)33(39)25-13-5-7-15-27(25)35(41)47-48-36(42)28-16-8-6-14-26(28)34(40)30-18-10-12-20-32(30)46-24(4)44-22(2)38/h5-20,23-24H,1-4H3. The number of rotatable bonds is 12. The number of esters is 2. The Morgan fingerprint density at radius 1 is 0.438 bits per heavy atom. The van der Waals surface area contributed by atoms with Crippen molar-refractivity contribution in [1.82, 2.24) is 0 Å². The van der Waals surface area contributed by atoms with Crippen LogP contribution >= 0.6 is 0 Å². The number of carbonyl (C=O) groups is 6. The molecule has 0 bridgehead atoms. The van der Waals surface area contributed by atoms with Crippen molar-refractivity contribution in [2.75, 3.05) is 0 Å². The van der Waals surface area contributed by atoms with E-state index in [2.05, 4.69) is 0 Å². The molecule has 0 N–H and O–H groups in total. The van der Waals surface area contributed by atoms with E-state index in [4.69, 9.17) is 28.7 Å². The summed E-state index contributed by atoms with van der Waals surface area (Å²) in [7, 11) is 0. The molecule has 0 spiro atoms.